The van der Waals surface area contributed by atoms with Crippen molar-refractivity contribution in [2.75, 3.05) is 23.4 Å². The van der Waals surface area contributed by atoms with Crippen LogP contribution in [0.5, 0.6) is 5.75 Å². The van der Waals surface area contributed by atoms with Crippen LogP contribution >= 0.6 is 11.3 Å². The molecule has 5 rings (SSSR count). The normalized spacial score (nSPS) is 13.5. The lowest BCUT2D eigenvalue weighted by atomic mass is 10.2. The van der Waals surface area contributed by atoms with Crippen LogP contribution in [0.3, 0.4) is 0 Å². The van der Waals surface area contributed by atoms with Gasteiger partial charge < -0.3 is 15.0 Å². The fraction of sp³-hybridized carbons (Fsp3) is 0.160. The minimum Gasteiger partial charge on any atom is -0.483 e. The van der Waals surface area contributed by atoms with Crippen molar-refractivity contribution in [1.29, 1.82) is 0 Å². The van der Waals surface area contributed by atoms with Gasteiger partial charge in [0.1, 0.15) is 10.8 Å². The first kappa shape index (κ1) is 20.2. The Labute approximate surface area is 189 Å². The van der Waals surface area contributed by atoms with Gasteiger partial charge in [-0.1, -0.05) is 30.3 Å². The first-order valence-corrected chi connectivity index (χ1v) is 11.3. The molecule has 0 atom stereocenters. The molecule has 3 aromatic carbocycles. The van der Waals surface area contributed by atoms with Gasteiger partial charge in [-0.3, -0.25) is 9.59 Å². The number of carbonyl (C=O) groups is 2. The number of nitrogens with zero attached hydrogens (tertiary/aromatic N) is 2. The van der Waals surface area contributed by atoms with Crippen molar-refractivity contribution in [3.63, 3.8) is 0 Å². The maximum atomic E-state index is 12.5. The Bertz CT molecular complexity index is 1270. The molecule has 0 spiro atoms. The number of thiazole rings is 1. The number of benzene rings is 3. The van der Waals surface area contributed by atoms with Crippen LogP contribution in [-0.4, -0.2) is 29.9 Å². The van der Waals surface area contributed by atoms with E-state index in [0.29, 0.717) is 24.4 Å². The van der Waals surface area contributed by atoms with Gasteiger partial charge in [-0.2, -0.15) is 0 Å². The second-order valence-corrected chi connectivity index (χ2v) is 8.55. The lowest BCUT2D eigenvalue weighted by molar-refractivity contribution is -0.118. The van der Waals surface area contributed by atoms with E-state index in [1.165, 1.54) is 0 Å². The zero-order valence-electron chi connectivity index (χ0n) is 17.3. The van der Waals surface area contributed by atoms with E-state index in [2.05, 4.69) is 5.32 Å². The second-order valence-electron chi connectivity index (χ2n) is 7.52. The summed E-state index contributed by atoms with van der Waals surface area (Å²) in [5.41, 5.74) is 3.23. The number of hydrogen-bond donors (Lipinski definition) is 1. The van der Waals surface area contributed by atoms with Crippen LogP contribution in [0.1, 0.15) is 12.8 Å². The third kappa shape index (κ3) is 4.20. The van der Waals surface area contributed by atoms with Crippen molar-refractivity contribution in [3.8, 4) is 16.3 Å². The SMILES string of the molecule is O=C(COc1ccccc1-c1nc2ccccc2s1)Nc1cccc(N2CCCC2=O)c1. The maximum Gasteiger partial charge on any atom is 0.262 e. The third-order valence-corrected chi connectivity index (χ3v) is 6.35. The molecule has 0 aliphatic carbocycles. The van der Waals surface area contributed by atoms with Gasteiger partial charge in [0, 0.05) is 24.3 Å². The highest BCUT2D eigenvalue weighted by Crippen LogP contribution is 2.35. The number of hydrogen-bond acceptors (Lipinski definition) is 5. The second kappa shape index (κ2) is 8.80. The van der Waals surface area contributed by atoms with Gasteiger partial charge in [0.15, 0.2) is 6.61 Å². The van der Waals surface area contributed by atoms with Gasteiger partial charge in [-0.25, -0.2) is 4.98 Å². The predicted molar refractivity (Wildman–Crippen MR) is 127 cm³/mol. The van der Waals surface area contributed by atoms with Crippen LogP contribution in [0.25, 0.3) is 20.8 Å². The number of aromatic nitrogens is 1. The largest absolute Gasteiger partial charge is 0.483 e. The van der Waals surface area contributed by atoms with Gasteiger partial charge in [-0.15, -0.1) is 11.3 Å². The lowest BCUT2D eigenvalue weighted by Gasteiger charge is -2.17. The Hall–Kier alpha value is -3.71. The minimum absolute atomic E-state index is 0.114. The van der Waals surface area contributed by atoms with Crippen molar-refractivity contribution in [3.05, 3.63) is 72.8 Å². The van der Waals surface area contributed by atoms with Crippen LogP contribution < -0.4 is 15.0 Å². The fourth-order valence-electron chi connectivity index (χ4n) is 3.77. The molecule has 2 heterocycles. The number of anilines is 2. The number of nitrogens with one attached hydrogen (secondary N) is 1. The van der Waals surface area contributed by atoms with Crippen LogP contribution in [0.4, 0.5) is 11.4 Å². The molecule has 1 aliphatic rings. The predicted octanol–water partition coefficient (Wildman–Crippen LogP) is 5.11. The number of ether oxygens (including phenoxy) is 1. The molecule has 4 aromatic rings. The van der Waals surface area contributed by atoms with Crippen LogP contribution in [0.15, 0.2) is 72.8 Å². The van der Waals surface area contributed by atoms with Crippen molar-refractivity contribution < 1.29 is 14.3 Å². The Morgan fingerprint density at radius 3 is 2.75 bits per heavy atom. The summed E-state index contributed by atoms with van der Waals surface area (Å²) in [6.07, 6.45) is 1.43. The smallest absolute Gasteiger partial charge is 0.262 e. The summed E-state index contributed by atoms with van der Waals surface area (Å²) >= 11 is 1.59. The summed E-state index contributed by atoms with van der Waals surface area (Å²) < 4.78 is 6.96. The highest BCUT2D eigenvalue weighted by atomic mass is 32.1. The number of carbonyl (C=O) groups excluding carboxylic acids is 2. The molecule has 160 valence electrons. The Morgan fingerprint density at radius 1 is 1.06 bits per heavy atom. The number of fused-ring (bicyclic) bond motifs is 1. The molecule has 32 heavy (non-hydrogen) atoms. The molecule has 1 aromatic heterocycles. The zero-order valence-corrected chi connectivity index (χ0v) is 18.1. The number of amides is 2. The molecule has 6 nitrogen and oxygen atoms in total. The first-order valence-electron chi connectivity index (χ1n) is 10.5. The highest BCUT2D eigenvalue weighted by molar-refractivity contribution is 7.21. The molecule has 0 radical (unpaired) electrons. The number of para-hydroxylation sites is 2. The van der Waals surface area contributed by atoms with E-state index < -0.39 is 0 Å². The summed E-state index contributed by atoms with van der Waals surface area (Å²) in [7, 11) is 0. The molecular weight excluding hydrogens is 422 g/mol. The van der Waals surface area contributed by atoms with Gasteiger partial charge in [0.25, 0.3) is 5.91 Å². The fourth-order valence-corrected chi connectivity index (χ4v) is 4.77. The molecule has 1 saturated heterocycles. The standard InChI is InChI=1S/C25H21N3O3S/c29-23(26-17-7-5-8-18(15-17)28-14-6-13-24(28)30)16-31-21-11-3-1-9-19(21)25-27-20-10-2-4-12-22(20)32-25/h1-5,7-12,15H,6,13-14,16H2,(H,26,29). The summed E-state index contributed by atoms with van der Waals surface area (Å²) in [6, 6.07) is 22.9. The average Bonchev–Trinajstić information content (AvgIpc) is 3.44. The molecule has 0 saturated carbocycles. The minimum atomic E-state index is -0.269. The summed E-state index contributed by atoms with van der Waals surface area (Å²) in [4.78, 5) is 31.0. The van der Waals surface area contributed by atoms with Gasteiger partial charge in [0.2, 0.25) is 5.91 Å². The van der Waals surface area contributed by atoms with E-state index >= 15 is 0 Å². The Kier molecular flexibility index (Phi) is 5.56. The van der Waals surface area contributed by atoms with Gasteiger partial charge in [-0.05, 0) is 48.9 Å². The van der Waals surface area contributed by atoms with Crippen LogP contribution in [0.2, 0.25) is 0 Å². The molecule has 1 N–H and O–H groups in total. The molecule has 2 amide bonds. The van der Waals surface area contributed by atoms with E-state index in [1.54, 1.807) is 22.3 Å². The Morgan fingerprint density at radius 2 is 1.91 bits per heavy atom. The molecule has 0 unspecified atom stereocenters. The van der Waals surface area contributed by atoms with Crippen molar-refractivity contribution in [2.45, 2.75) is 12.8 Å². The van der Waals surface area contributed by atoms with Gasteiger partial charge >= 0.3 is 0 Å². The third-order valence-electron chi connectivity index (χ3n) is 5.29. The van der Waals surface area contributed by atoms with Crippen LogP contribution in [0, 0.1) is 0 Å². The maximum absolute atomic E-state index is 12.5. The molecule has 1 fully saturated rings. The van der Waals surface area contributed by atoms with Gasteiger partial charge in [0.05, 0.1) is 15.8 Å². The van der Waals surface area contributed by atoms with E-state index in [9.17, 15) is 9.59 Å². The van der Waals surface area contributed by atoms with Crippen LogP contribution in [-0.2, 0) is 9.59 Å². The number of rotatable bonds is 6. The molecule has 0 bridgehead atoms. The van der Waals surface area contributed by atoms with E-state index in [4.69, 9.17) is 9.72 Å². The van der Waals surface area contributed by atoms with Crippen molar-refractivity contribution in [1.82, 2.24) is 4.98 Å². The monoisotopic (exact) mass is 443 g/mol. The lowest BCUT2D eigenvalue weighted by Crippen LogP contribution is -2.24. The van der Waals surface area contributed by atoms with E-state index in [-0.39, 0.29) is 18.4 Å². The highest BCUT2D eigenvalue weighted by Gasteiger charge is 2.22. The quantitative estimate of drug-likeness (QED) is 0.450. The zero-order chi connectivity index (χ0) is 21.9. The molecule has 7 heteroatoms. The summed E-state index contributed by atoms with van der Waals surface area (Å²) in [5, 5.41) is 3.71. The summed E-state index contributed by atoms with van der Waals surface area (Å²) in [5.74, 6) is 0.454. The Balaban J connectivity index is 1.27. The first-order chi connectivity index (χ1) is 15.7. The average molecular weight is 444 g/mol. The van der Waals surface area contributed by atoms with Crippen molar-refractivity contribution in [2.24, 2.45) is 0 Å². The topological polar surface area (TPSA) is 71.5 Å². The van der Waals surface area contributed by atoms with Crippen molar-refractivity contribution >= 4 is 44.7 Å². The van der Waals surface area contributed by atoms with E-state index in [0.717, 1.165) is 32.9 Å². The summed E-state index contributed by atoms with van der Waals surface area (Å²) in [6.45, 7) is 0.580. The van der Waals surface area contributed by atoms with E-state index in [1.807, 2.05) is 66.7 Å². The molecular formula is C25H21N3O3S. The molecule has 1 aliphatic heterocycles.